The van der Waals surface area contributed by atoms with Crippen molar-refractivity contribution in [1.82, 2.24) is 4.90 Å². The van der Waals surface area contributed by atoms with Crippen LogP contribution in [0.25, 0.3) is 0 Å². The third-order valence-corrected chi connectivity index (χ3v) is 13.7. The average molecular weight is 889 g/mol. The second-order valence-electron chi connectivity index (χ2n) is 20.0. The molecule has 2 atom stereocenters. The molecule has 5 nitrogen and oxygen atoms in total. The number of unbranched alkanes of at least 4 members (excludes halogenated alkanes) is 43. The summed E-state index contributed by atoms with van der Waals surface area (Å²) in [7, 11) is 0. The molecule has 0 aliphatic carbocycles. The van der Waals surface area contributed by atoms with Gasteiger partial charge in [0.25, 0.3) is 0 Å². The van der Waals surface area contributed by atoms with Gasteiger partial charge in [-0.05, 0) is 25.7 Å². The number of aliphatic hydroxyl groups excluding tert-OH is 2. The summed E-state index contributed by atoms with van der Waals surface area (Å²) in [5, 5.41) is 21.7. The fourth-order valence-corrected chi connectivity index (χ4v) is 9.38. The number of rotatable bonds is 52. The van der Waals surface area contributed by atoms with Gasteiger partial charge >= 0.3 is 0 Å². The smallest absolute Gasteiger partial charge is 0.229 e. The van der Waals surface area contributed by atoms with Gasteiger partial charge in [-0.2, -0.15) is 0 Å². The van der Waals surface area contributed by atoms with Crippen LogP contribution in [0.1, 0.15) is 329 Å². The molecule has 0 aliphatic heterocycles. The lowest BCUT2D eigenvalue weighted by Gasteiger charge is -2.31. The molecule has 0 aromatic heterocycles. The first-order valence-electron chi connectivity index (χ1n) is 28.8. The van der Waals surface area contributed by atoms with E-state index in [1.54, 1.807) is 6.08 Å². The summed E-state index contributed by atoms with van der Waals surface area (Å²) in [6.07, 6.45) is 62.2. The van der Waals surface area contributed by atoms with Crippen LogP contribution in [0.15, 0.2) is 12.2 Å². The number of nitrogens with zero attached hydrogens (tertiary/aromatic N) is 1. The summed E-state index contributed by atoms with van der Waals surface area (Å²) in [6.45, 7) is 6.41. The minimum absolute atomic E-state index is 0.232. The molecule has 0 saturated carbocycles. The van der Waals surface area contributed by atoms with Crippen molar-refractivity contribution in [1.29, 1.82) is 0 Å². The van der Waals surface area contributed by atoms with Crippen LogP contribution in [0.2, 0.25) is 0 Å². The van der Waals surface area contributed by atoms with Crippen molar-refractivity contribution in [3.8, 4) is 0 Å². The second kappa shape index (κ2) is 51.8. The number of carbonyl (C=O) groups is 2. The van der Waals surface area contributed by atoms with Gasteiger partial charge in [-0.3, -0.25) is 14.5 Å². The number of hydrogen-bond donors (Lipinski definition) is 2. The topological polar surface area (TPSA) is 77.8 Å². The van der Waals surface area contributed by atoms with E-state index in [1.165, 1.54) is 249 Å². The fraction of sp³-hybridized carbons (Fsp3) is 0.931. The molecule has 0 aromatic carbocycles. The zero-order valence-corrected chi connectivity index (χ0v) is 43.1. The van der Waals surface area contributed by atoms with Crippen LogP contribution in [-0.4, -0.2) is 45.7 Å². The van der Waals surface area contributed by atoms with Crippen LogP contribution >= 0.6 is 0 Å². The van der Waals surface area contributed by atoms with E-state index in [1.807, 2.05) is 6.08 Å². The van der Waals surface area contributed by atoms with E-state index in [2.05, 4.69) is 20.8 Å². The normalized spacial score (nSPS) is 12.7. The number of imide groups is 1. The standard InChI is InChI=1S/C58H113NO4/c1-4-7-10-13-16-19-22-25-26-27-28-29-30-31-32-35-38-41-44-47-50-53-58(63)59(57(62)52-49-46-43-40-37-34-24-21-18-15-12-9-6-3)55(54-60)56(61)51-48-45-42-39-36-33-23-20-17-14-11-8-5-2/h48,51,55-56,60-61H,4-47,49-50,52-54H2,1-3H3/b51-48+/t55-,56-/m1/s1. The van der Waals surface area contributed by atoms with Crippen LogP contribution in [0.3, 0.4) is 0 Å². The van der Waals surface area contributed by atoms with Crippen molar-refractivity contribution < 1.29 is 19.8 Å². The molecule has 0 unspecified atom stereocenters. The van der Waals surface area contributed by atoms with E-state index >= 15 is 0 Å². The van der Waals surface area contributed by atoms with Gasteiger partial charge < -0.3 is 10.2 Å². The molecule has 0 aliphatic rings. The SMILES string of the molecule is CCCCCCCCCCCCC/C=C/[C@@H](O)[C@@H](CO)N(C(=O)CCCCCCCCCCCCCCC)C(=O)CCCCCCCCCCCCCCCCCCCCCCC. The van der Waals surface area contributed by atoms with Gasteiger partial charge in [0.1, 0.15) is 0 Å². The third-order valence-electron chi connectivity index (χ3n) is 13.7. The maximum Gasteiger partial charge on any atom is 0.229 e. The van der Waals surface area contributed by atoms with Gasteiger partial charge in [0.2, 0.25) is 11.8 Å². The number of aliphatic hydroxyl groups is 2. The summed E-state index contributed by atoms with van der Waals surface area (Å²) in [5.74, 6) is -0.465. The Labute approximate surface area is 395 Å². The lowest BCUT2D eigenvalue weighted by Crippen LogP contribution is -2.51. The minimum atomic E-state index is -1.05. The van der Waals surface area contributed by atoms with E-state index in [4.69, 9.17) is 0 Å². The van der Waals surface area contributed by atoms with Gasteiger partial charge in [-0.1, -0.05) is 303 Å². The van der Waals surface area contributed by atoms with Gasteiger partial charge in [0.05, 0.1) is 18.8 Å². The second-order valence-corrected chi connectivity index (χ2v) is 20.0. The molecule has 0 spiro atoms. The van der Waals surface area contributed by atoms with Gasteiger partial charge in [-0.15, -0.1) is 0 Å². The molecule has 0 fully saturated rings. The Balaban J connectivity index is 4.54. The summed E-state index contributed by atoms with van der Waals surface area (Å²) in [6, 6.07) is -0.921. The Morgan fingerprint density at radius 2 is 0.587 bits per heavy atom. The van der Waals surface area contributed by atoms with Crippen LogP contribution in [0.4, 0.5) is 0 Å². The maximum absolute atomic E-state index is 13.7. The van der Waals surface area contributed by atoms with Crippen molar-refractivity contribution in [3.05, 3.63) is 12.2 Å². The predicted molar refractivity (Wildman–Crippen MR) is 277 cm³/mol. The van der Waals surface area contributed by atoms with E-state index in [0.29, 0.717) is 12.8 Å². The van der Waals surface area contributed by atoms with Gasteiger partial charge in [-0.25, -0.2) is 0 Å². The number of amides is 2. The Bertz CT molecular complexity index is 951. The molecule has 5 heteroatoms. The minimum Gasteiger partial charge on any atom is -0.394 e. The lowest BCUT2D eigenvalue weighted by molar-refractivity contribution is -0.151. The first-order chi connectivity index (χ1) is 31.0. The first kappa shape index (κ1) is 61.8. The van der Waals surface area contributed by atoms with E-state index in [9.17, 15) is 19.8 Å². The Morgan fingerprint density at radius 3 is 0.825 bits per heavy atom. The van der Waals surface area contributed by atoms with Crippen molar-refractivity contribution in [2.24, 2.45) is 0 Å². The van der Waals surface area contributed by atoms with Gasteiger partial charge in [0, 0.05) is 12.8 Å². The highest BCUT2D eigenvalue weighted by atomic mass is 16.3. The van der Waals surface area contributed by atoms with E-state index in [-0.39, 0.29) is 11.8 Å². The highest BCUT2D eigenvalue weighted by Gasteiger charge is 2.32. The molecule has 374 valence electrons. The van der Waals surface area contributed by atoms with Crippen LogP contribution in [0.5, 0.6) is 0 Å². The number of allylic oxidation sites excluding steroid dienone is 1. The zero-order valence-electron chi connectivity index (χ0n) is 43.1. The fourth-order valence-electron chi connectivity index (χ4n) is 9.38. The molecule has 0 heterocycles. The third kappa shape index (κ3) is 43.1. The monoisotopic (exact) mass is 888 g/mol. The summed E-state index contributed by atoms with van der Waals surface area (Å²) in [5.41, 5.74) is 0. The van der Waals surface area contributed by atoms with Crippen LogP contribution in [-0.2, 0) is 9.59 Å². The van der Waals surface area contributed by atoms with Crippen molar-refractivity contribution in [2.45, 2.75) is 341 Å². The quantitative estimate of drug-likeness (QED) is 0.0471. The predicted octanol–water partition coefficient (Wildman–Crippen LogP) is 18.4. The molecule has 0 radical (unpaired) electrons. The summed E-state index contributed by atoms with van der Waals surface area (Å²) < 4.78 is 0. The summed E-state index contributed by atoms with van der Waals surface area (Å²) in [4.78, 5) is 28.6. The molecule has 0 bridgehead atoms. The summed E-state index contributed by atoms with van der Waals surface area (Å²) >= 11 is 0. The Kier molecular flexibility index (Phi) is 50.8. The first-order valence-corrected chi connectivity index (χ1v) is 28.8. The number of hydrogen-bond acceptors (Lipinski definition) is 4. The van der Waals surface area contributed by atoms with Crippen molar-refractivity contribution >= 4 is 11.8 Å². The molecule has 2 N–H and O–H groups in total. The van der Waals surface area contributed by atoms with Crippen LogP contribution in [0, 0.1) is 0 Å². The maximum atomic E-state index is 13.7. The van der Waals surface area contributed by atoms with Gasteiger partial charge in [0.15, 0.2) is 0 Å². The van der Waals surface area contributed by atoms with E-state index in [0.717, 1.165) is 51.4 Å². The van der Waals surface area contributed by atoms with Crippen LogP contribution < -0.4 is 0 Å². The molecule has 0 aromatic rings. The molecular weight excluding hydrogens is 775 g/mol. The van der Waals surface area contributed by atoms with E-state index < -0.39 is 18.8 Å². The lowest BCUT2D eigenvalue weighted by atomic mass is 10.0. The molecular formula is C58H113NO4. The Morgan fingerprint density at radius 1 is 0.365 bits per heavy atom. The highest BCUT2D eigenvalue weighted by Crippen LogP contribution is 2.20. The zero-order chi connectivity index (χ0) is 45.9. The largest absolute Gasteiger partial charge is 0.394 e. The molecule has 2 amide bonds. The molecule has 63 heavy (non-hydrogen) atoms. The average Bonchev–Trinajstić information content (AvgIpc) is 3.28. The molecule has 0 saturated heterocycles. The Hall–Kier alpha value is -1.20. The van der Waals surface area contributed by atoms with Crippen molar-refractivity contribution in [2.75, 3.05) is 6.61 Å². The number of carbonyl (C=O) groups excluding carboxylic acids is 2. The van der Waals surface area contributed by atoms with Crippen molar-refractivity contribution in [3.63, 3.8) is 0 Å². The molecule has 0 rings (SSSR count). The highest BCUT2D eigenvalue weighted by molar-refractivity contribution is 5.95.